The molecule has 2 nitrogen and oxygen atoms in total. The van der Waals surface area contributed by atoms with Crippen molar-refractivity contribution in [1.82, 2.24) is 9.97 Å². The quantitative estimate of drug-likeness (QED) is 0.356. The molecule has 2 aromatic heterocycles. The fraction of sp³-hybridized carbons (Fsp3) is 0.0741. The van der Waals surface area contributed by atoms with Crippen LogP contribution in [0.3, 0.4) is 0 Å². The summed E-state index contributed by atoms with van der Waals surface area (Å²) in [5.74, 6) is 0. The summed E-state index contributed by atoms with van der Waals surface area (Å²) in [6.07, 6.45) is 2.10. The molecule has 0 aliphatic rings. The van der Waals surface area contributed by atoms with Crippen molar-refractivity contribution < 1.29 is 0 Å². The second-order valence-corrected chi connectivity index (χ2v) is 7.61. The third kappa shape index (κ3) is 3.34. The summed E-state index contributed by atoms with van der Waals surface area (Å²) in [5, 5.41) is 1.23. The van der Waals surface area contributed by atoms with Gasteiger partial charge in [-0.25, -0.2) is 4.98 Å². The summed E-state index contributed by atoms with van der Waals surface area (Å²) < 4.78 is 0. The first kappa shape index (κ1) is 17.4. The van der Waals surface area contributed by atoms with E-state index in [1.54, 1.807) is 0 Å². The number of hydrogen-bond donors (Lipinski definition) is 1. The van der Waals surface area contributed by atoms with Crippen molar-refractivity contribution in [2.45, 2.75) is 13.8 Å². The number of pyridine rings is 1. The molecular weight excluding hydrogens is 352 g/mol. The molecule has 0 unspecified atom stereocenters. The maximum Gasteiger partial charge on any atom is 0.0715 e. The molecule has 0 spiro atoms. The Labute approximate surface area is 170 Å². The van der Waals surface area contributed by atoms with Gasteiger partial charge < -0.3 is 4.98 Å². The smallest absolute Gasteiger partial charge is 0.0715 e. The first-order chi connectivity index (χ1) is 14.2. The number of hydrogen-bond acceptors (Lipinski definition) is 1. The molecule has 140 valence electrons. The lowest BCUT2D eigenvalue weighted by Crippen LogP contribution is -1.91. The van der Waals surface area contributed by atoms with E-state index >= 15 is 0 Å². The van der Waals surface area contributed by atoms with E-state index in [1.807, 2.05) is 0 Å². The number of aryl methyl sites for hydroxylation is 2. The molecule has 1 N–H and O–H groups in total. The van der Waals surface area contributed by atoms with Crippen LogP contribution in [0.5, 0.6) is 0 Å². The van der Waals surface area contributed by atoms with Crippen molar-refractivity contribution in [1.29, 1.82) is 0 Å². The number of aromatic amines is 1. The van der Waals surface area contributed by atoms with Gasteiger partial charge in [-0.05, 0) is 37.6 Å². The van der Waals surface area contributed by atoms with E-state index in [0.717, 1.165) is 28.0 Å². The van der Waals surface area contributed by atoms with Gasteiger partial charge in [0.1, 0.15) is 0 Å². The van der Waals surface area contributed by atoms with E-state index in [9.17, 15) is 0 Å². The van der Waals surface area contributed by atoms with Crippen LogP contribution in [0.2, 0.25) is 0 Å². The van der Waals surface area contributed by atoms with Crippen molar-refractivity contribution in [2.24, 2.45) is 0 Å². The number of H-pyrrole nitrogens is 1. The Morgan fingerprint density at radius 2 is 1.17 bits per heavy atom. The minimum absolute atomic E-state index is 0.989. The van der Waals surface area contributed by atoms with Gasteiger partial charge in [-0.1, -0.05) is 77.9 Å². The summed E-state index contributed by atoms with van der Waals surface area (Å²) in [7, 11) is 0. The number of rotatable bonds is 3. The second kappa shape index (κ2) is 7.06. The van der Waals surface area contributed by atoms with Crippen LogP contribution in [-0.4, -0.2) is 9.97 Å². The van der Waals surface area contributed by atoms with E-state index in [2.05, 4.69) is 110 Å². The zero-order valence-electron chi connectivity index (χ0n) is 16.6. The van der Waals surface area contributed by atoms with E-state index in [-0.39, 0.29) is 0 Å². The normalized spacial score (nSPS) is 11.1. The maximum absolute atomic E-state index is 5.01. The first-order valence-electron chi connectivity index (χ1n) is 9.90. The van der Waals surface area contributed by atoms with E-state index in [0.29, 0.717) is 0 Å². The van der Waals surface area contributed by atoms with Gasteiger partial charge in [-0.3, -0.25) is 0 Å². The fourth-order valence-electron chi connectivity index (χ4n) is 3.74. The highest BCUT2D eigenvalue weighted by molar-refractivity contribution is 5.96. The van der Waals surface area contributed by atoms with Crippen molar-refractivity contribution in [2.75, 3.05) is 0 Å². The Bertz CT molecular complexity index is 1230. The molecule has 5 aromatic rings. The SMILES string of the molecule is Cc1ccc(-c2cc(-c3c[nH]c4ccccc34)cc(-c3ccc(C)cc3)n2)cc1. The van der Waals surface area contributed by atoms with Crippen LogP contribution in [0.1, 0.15) is 11.1 Å². The van der Waals surface area contributed by atoms with Crippen molar-refractivity contribution in [3.05, 3.63) is 102 Å². The molecule has 0 radical (unpaired) electrons. The van der Waals surface area contributed by atoms with Gasteiger partial charge in [0, 0.05) is 33.8 Å². The van der Waals surface area contributed by atoms with E-state index in [1.165, 1.54) is 27.6 Å². The van der Waals surface area contributed by atoms with Gasteiger partial charge in [-0.2, -0.15) is 0 Å². The van der Waals surface area contributed by atoms with Gasteiger partial charge in [-0.15, -0.1) is 0 Å². The monoisotopic (exact) mass is 374 g/mol. The van der Waals surface area contributed by atoms with Gasteiger partial charge in [0.05, 0.1) is 11.4 Å². The predicted octanol–water partition coefficient (Wildman–Crippen LogP) is 7.18. The van der Waals surface area contributed by atoms with Crippen LogP contribution in [0.15, 0.2) is 91.1 Å². The number of nitrogens with zero attached hydrogens (tertiary/aromatic N) is 1. The third-order valence-corrected chi connectivity index (χ3v) is 5.42. The summed E-state index contributed by atoms with van der Waals surface area (Å²) in [6.45, 7) is 4.22. The molecule has 0 atom stereocenters. The molecule has 0 saturated carbocycles. The molecule has 2 heterocycles. The Morgan fingerprint density at radius 3 is 1.76 bits per heavy atom. The summed E-state index contributed by atoms with van der Waals surface area (Å²) in [6, 6.07) is 30.0. The minimum Gasteiger partial charge on any atom is -0.361 e. The van der Waals surface area contributed by atoms with Crippen LogP contribution in [-0.2, 0) is 0 Å². The molecule has 0 bridgehead atoms. The van der Waals surface area contributed by atoms with Crippen molar-refractivity contribution in [3.63, 3.8) is 0 Å². The molecule has 0 aliphatic heterocycles. The van der Waals surface area contributed by atoms with Crippen molar-refractivity contribution in [3.8, 4) is 33.6 Å². The Morgan fingerprint density at radius 1 is 0.621 bits per heavy atom. The topological polar surface area (TPSA) is 28.7 Å². The van der Waals surface area contributed by atoms with E-state index in [4.69, 9.17) is 4.98 Å². The molecule has 0 aliphatic carbocycles. The summed E-state index contributed by atoms with van der Waals surface area (Å²) in [4.78, 5) is 8.41. The zero-order chi connectivity index (χ0) is 19.8. The molecule has 0 amide bonds. The maximum atomic E-state index is 5.01. The lowest BCUT2D eigenvalue weighted by Gasteiger charge is -2.10. The van der Waals surface area contributed by atoms with Gasteiger partial charge >= 0.3 is 0 Å². The molecule has 29 heavy (non-hydrogen) atoms. The second-order valence-electron chi connectivity index (χ2n) is 7.61. The summed E-state index contributed by atoms with van der Waals surface area (Å²) in [5.41, 5.74) is 10.3. The van der Waals surface area contributed by atoms with Crippen LogP contribution < -0.4 is 0 Å². The first-order valence-corrected chi connectivity index (χ1v) is 9.90. The van der Waals surface area contributed by atoms with E-state index < -0.39 is 0 Å². The Hall–Kier alpha value is -3.65. The molecule has 5 rings (SSSR count). The average molecular weight is 374 g/mol. The number of nitrogens with one attached hydrogen (secondary N) is 1. The van der Waals surface area contributed by atoms with Gasteiger partial charge in [0.2, 0.25) is 0 Å². The van der Waals surface area contributed by atoms with Gasteiger partial charge in [0.25, 0.3) is 0 Å². The number of fused-ring (bicyclic) bond motifs is 1. The van der Waals surface area contributed by atoms with Crippen LogP contribution in [0.4, 0.5) is 0 Å². The minimum atomic E-state index is 0.989. The van der Waals surface area contributed by atoms with Crippen LogP contribution in [0, 0.1) is 13.8 Å². The van der Waals surface area contributed by atoms with Crippen LogP contribution in [0.25, 0.3) is 44.5 Å². The van der Waals surface area contributed by atoms with Crippen molar-refractivity contribution >= 4 is 10.9 Å². The number of para-hydroxylation sites is 1. The largest absolute Gasteiger partial charge is 0.361 e. The lowest BCUT2D eigenvalue weighted by atomic mass is 9.99. The predicted molar refractivity (Wildman–Crippen MR) is 122 cm³/mol. The fourth-order valence-corrected chi connectivity index (χ4v) is 3.74. The highest BCUT2D eigenvalue weighted by atomic mass is 14.7. The number of aromatic nitrogens is 2. The Balaban J connectivity index is 1.73. The molecule has 0 fully saturated rings. The standard InChI is InChI=1S/C27H22N2/c1-18-7-11-20(12-8-18)26-15-22(24-17-28-25-6-4-3-5-23(24)25)16-27(29-26)21-13-9-19(2)10-14-21/h3-17,28H,1-2H3. The number of benzene rings is 3. The average Bonchev–Trinajstić information content (AvgIpc) is 3.19. The lowest BCUT2D eigenvalue weighted by molar-refractivity contribution is 1.31. The molecule has 3 aromatic carbocycles. The highest BCUT2D eigenvalue weighted by Crippen LogP contribution is 2.34. The summed E-state index contributed by atoms with van der Waals surface area (Å²) >= 11 is 0. The third-order valence-electron chi connectivity index (χ3n) is 5.42. The molecule has 0 saturated heterocycles. The van der Waals surface area contributed by atoms with Crippen LogP contribution >= 0.6 is 0 Å². The molecular formula is C27H22N2. The highest BCUT2D eigenvalue weighted by Gasteiger charge is 2.12. The molecule has 2 heteroatoms. The zero-order valence-corrected chi connectivity index (χ0v) is 16.6. The van der Waals surface area contributed by atoms with Gasteiger partial charge in [0.15, 0.2) is 0 Å². The Kier molecular flexibility index (Phi) is 4.25.